The Morgan fingerprint density at radius 1 is 1.31 bits per heavy atom. The van der Waals surface area contributed by atoms with E-state index in [1.807, 2.05) is 24.3 Å². The average Bonchev–Trinajstić information content (AvgIpc) is 2.24. The summed E-state index contributed by atoms with van der Waals surface area (Å²) in [5.41, 5.74) is 1.89. The highest BCUT2D eigenvalue weighted by Crippen LogP contribution is 2.26. The molecule has 0 spiro atoms. The molecule has 0 aliphatic carbocycles. The molecule has 0 amide bonds. The van der Waals surface area contributed by atoms with Crippen LogP contribution < -0.4 is 0 Å². The summed E-state index contributed by atoms with van der Waals surface area (Å²) in [6, 6.07) is 7.78. The van der Waals surface area contributed by atoms with Crippen molar-refractivity contribution in [2.75, 3.05) is 0 Å². The molecule has 1 rings (SSSR count). The summed E-state index contributed by atoms with van der Waals surface area (Å²) in [5, 5.41) is 0. The molecule has 1 heteroatoms. The summed E-state index contributed by atoms with van der Waals surface area (Å²) in [5.74, 6) is 2.65. The second-order valence-electron chi connectivity index (χ2n) is 4.92. The van der Waals surface area contributed by atoms with Crippen LogP contribution in [0, 0.1) is 12.3 Å². The van der Waals surface area contributed by atoms with Crippen LogP contribution in [0.25, 0.3) is 0 Å². The summed E-state index contributed by atoms with van der Waals surface area (Å²) in [4.78, 5) is 12.0. The lowest BCUT2D eigenvalue weighted by Gasteiger charge is -2.22. The van der Waals surface area contributed by atoms with Gasteiger partial charge >= 0.3 is 0 Å². The van der Waals surface area contributed by atoms with Crippen LogP contribution in [-0.4, -0.2) is 5.78 Å². The van der Waals surface area contributed by atoms with E-state index < -0.39 is 0 Å². The average molecular weight is 214 g/mol. The first-order valence-electron chi connectivity index (χ1n) is 5.53. The molecular weight excluding hydrogens is 196 g/mol. The van der Waals surface area contributed by atoms with Gasteiger partial charge in [0.25, 0.3) is 0 Å². The van der Waals surface area contributed by atoms with Crippen molar-refractivity contribution in [3.63, 3.8) is 0 Å². The van der Waals surface area contributed by atoms with Crippen LogP contribution in [0.15, 0.2) is 24.3 Å². The van der Waals surface area contributed by atoms with Gasteiger partial charge in [-0.15, -0.1) is 12.3 Å². The first-order chi connectivity index (χ1) is 7.46. The number of benzene rings is 1. The van der Waals surface area contributed by atoms with Gasteiger partial charge in [-0.05, 0) is 11.0 Å². The van der Waals surface area contributed by atoms with Gasteiger partial charge in [0.1, 0.15) is 0 Å². The van der Waals surface area contributed by atoms with Crippen molar-refractivity contribution < 1.29 is 4.79 Å². The summed E-state index contributed by atoms with van der Waals surface area (Å²) in [7, 11) is 0. The standard InChI is InChI=1S/C15H18O/c1-5-6-11-14(16)12-9-7-8-10-13(12)15(2,3)4/h1,7-10H,6,11H2,2-4H3. The predicted molar refractivity (Wildman–Crippen MR) is 67.5 cm³/mol. The van der Waals surface area contributed by atoms with E-state index in [4.69, 9.17) is 6.42 Å². The van der Waals surface area contributed by atoms with Crippen molar-refractivity contribution in [2.45, 2.75) is 39.0 Å². The van der Waals surface area contributed by atoms with Gasteiger partial charge < -0.3 is 0 Å². The zero-order valence-corrected chi connectivity index (χ0v) is 10.2. The van der Waals surface area contributed by atoms with E-state index in [9.17, 15) is 4.79 Å². The Kier molecular flexibility index (Phi) is 3.90. The normalized spacial score (nSPS) is 10.9. The Morgan fingerprint density at radius 3 is 2.50 bits per heavy atom. The van der Waals surface area contributed by atoms with Gasteiger partial charge in [-0.1, -0.05) is 45.0 Å². The fraction of sp³-hybridized carbons (Fsp3) is 0.400. The molecule has 0 saturated carbocycles. The number of Topliss-reactive ketones (excluding diaryl/α,β-unsaturated/α-hetero) is 1. The number of hydrogen-bond acceptors (Lipinski definition) is 1. The lowest BCUT2D eigenvalue weighted by molar-refractivity contribution is 0.0982. The molecule has 16 heavy (non-hydrogen) atoms. The molecule has 1 aromatic rings. The van der Waals surface area contributed by atoms with E-state index in [-0.39, 0.29) is 11.2 Å². The van der Waals surface area contributed by atoms with E-state index in [1.165, 1.54) is 0 Å². The molecule has 0 aromatic heterocycles. The highest BCUT2D eigenvalue weighted by Gasteiger charge is 2.20. The Labute approximate surface area is 97.9 Å². The molecule has 0 unspecified atom stereocenters. The van der Waals surface area contributed by atoms with Crippen LogP contribution in [0.5, 0.6) is 0 Å². The smallest absolute Gasteiger partial charge is 0.164 e. The fourth-order valence-corrected chi connectivity index (χ4v) is 1.70. The lowest BCUT2D eigenvalue weighted by Crippen LogP contribution is -2.16. The number of hydrogen-bond donors (Lipinski definition) is 0. The monoisotopic (exact) mass is 214 g/mol. The molecular formula is C15H18O. The molecule has 0 saturated heterocycles. The van der Waals surface area contributed by atoms with E-state index in [0.717, 1.165) is 11.1 Å². The minimum atomic E-state index is -0.0115. The fourth-order valence-electron chi connectivity index (χ4n) is 1.70. The van der Waals surface area contributed by atoms with Crippen molar-refractivity contribution in [3.8, 4) is 12.3 Å². The summed E-state index contributed by atoms with van der Waals surface area (Å²) in [6.45, 7) is 6.33. The predicted octanol–water partition coefficient (Wildman–Crippen LogP) is 3.58. The maximum Gasteiger partial charge on any atom is 0.164 e. The van der Waals surface area contributed by atoms with Crippen molar-refractivity contribution in [3.05, 3.63) is 35.4 Å². The van der Waals surface area contributed by atoms with E-state index in [2.05, 4.69) is 26.7 Å². The van der Waals surface area contributed by atoms with Gasteiger partial charge in [0.05, 0.1) is 0 Å². The molecule has 0 bridgehead atoms. The highest BCUT2D eigenvalue weighted by atomic mass is 16.1. The highest BCUT2D eigenvalue weighted by molar-refractivity contribution is 5.97. The van der Waals surface area contributed by atoms with Crippen LogP contribution in [0.1, 0.15) is 49.5 Å². The van der Waals surface area contributed by atoms with Crippen molar-refractivity contribution in [1.82, 2.24) is 0 Å². The molecule has 1 nitrogen and oxygen atoms in total. The molecule has 0 atom stereocenters. The third kappa shape index (κ3) is 2.97. The molecule has 1 aromatic carbocycles. The van der Waals surface area contributed by atoms with Gasteiger partial charge in [-0.3, -0.25) is 4.79 Å². The second kappa shape index (κ2) is 4.99. The number of rotatable bonds is 3. The first-order valence-corrected chi connectivity index (χ1v) is 5.53. The van der Waals surface area contributed by atoms with Gasteiger partial charge in [-0.25, -0.2) is 0 Å². The van der Waals surface area contributed by atoms with Crippen molar-refractivity contribution >= 4 is 5.78 Å². The zero-order chi connectivity index (χ0) is 12.2. The third-order valence-corrected chi connectivity index (χ3v) is 2.53. The summed E-state index contributed by atoms with van der Waals surface area (Å²) in [6.07, 6.45) is 6.12. The molecule has 84 valence electrons. The van der Waals surface area contributed by atoms with Gasteiger partial charge in [0, 0.05) is 18.4 Å². The van der Waals surface area contributed by atoms with Crippen LogP contribution in [0.2, 0.25) is 0 Å². The lowest BCUT2D eigenvalue weighted by atomic mass is 9.82. The first kappa shape index (κ1) is 12.5. The van der Waals surface area contributed by atoms with Gasteiger partial charge in [0.15, 0.2) is 5.78 Å². The molecule has 0 aliphatic heterocycles. The van der Waals surface area contributed by atoms with Crippen molar-refractivity contribution in [2.24, 2.45) is 0 Å². The van der Waals surface area contributed by atoms with E-state index >= 15 is 0 Å². The molecule has 0 heterocycles. The number of carbonyl (C=O) groups is 1. The van der Waals surface area contributed by atoms with E-state index in [0.29, 0.717) is 12.8 Å². The largest absolute Gasteiger partial charge is 0.294 e. The Morgan fingerprint density at radius 2 is 1.94 bits per heavy atom. The van der Waals surface area contributed by atoms with E-state index in [1.54, 1.807) is 0 Å². The SMILES string of the molecule is C#CCCC(=O)c1ccccc1C(C)(C)C. The molecule has 0 aliphatic rings. The molecule has 0 radical (unpaired) electrons. The van der Waals surface area contributed by atoms with Crippen molar-refractivity contribution in [1.29, 1.82) is 0 Å². The van der Waals surface area contributed by atoms with Crippen LogP contribution in [0.3, 0.4) is 0 Å². The number of terminal acetylenes is 1. The minimum absolute atomic E-state index is 0.0115. The molecule has 0 N–H and O–H groups in total. The van der Waals surface area contributed by atoms with Crippen LogP contribution in [0.4, 0.5) is 0 Å². The maximum atomic E-state index is 12.0. The Hall–Kier alpha value is -1.55. The number of ketones is 1. The van der Waals surface area contributed by atoms with Crippen LogP contribution >= 0.6 is 0 Å². The summed E-state index contributed by atoms with van der Waals surface area (Å²) < 4.78 is 0. The second-order valence-corrected chi connectivity index (χ2v) is 4.92. The van der Waals surface area contributed by atoms with Gasteiger partial charge in [0.2, 0.25) is 0 Å². The quantitative estimate of drug-likeness (QED) is 0.555. The summed E-state index contributed by atoms with van der Waals surface area (Å²) >= 11 is 0. The minimum Gasteiger partial charge on any atom is -0.294 e. The topological polar surface area (TPSA) is 17.1 Å². The third-order valence-electron chi connectivity index (χ3n) is 2.53. The zero-order valence-electron chi connectivity index (χ0n) is 10.2. The Bertz CT molecular complexity index is 416. The van der Waals surface area contributed by atoms with Gasteiger partial charge in [-0.2, -0.15) is 0 Å². The van der Waals surface area contributed by atoms with Crippen LogP contribution in [-0.2, 0) is 5.41 Å². The maximum absolute atomic E-state index is 12.0. The Balaban J connectivity index is 3.05. The molecule has 0 fully saturated rings. The number of carbonyl (C=O) groups excluding carboxylic acids is 1.